The van der Waals surface area contributed by atoms with Gasteiger partial charge in [-0.2, -0.15) is 0 Å². The molecule has 0 spiro atoms. The van der Waals surface area contributed by atoms with Crippen LogP contribution in [0, 0.1) is 0 Å². The highest BCUT2D eigenvalue weighted by atomic mass is 16.3. The maximum atomic E-state index is 9.77. The topological polar surface area (TPSA) is 20.2 Å². The summed E-state index contributed by atoms with van der Waals surface area (Å²) in [5, 5.41) is 9.77. The lowest BCUT2D eigenvalue weighted by molar-refractivity contribution is 0.468. The molecule has 2 rings (SSSR count). The second-order valence-corrected chi connectivity index (χ2v) is 5.19. The van der Waals surface area contributed by atoms with Crippen LogP contribution in [0.3, 0.4) is 0 Å². The van der Waals surface area contributed by atoms with Gasteiger partial charge in [0.1, 0.15) is 5.75 Å². The average molecular weight is 240 g/mol. The summed E-state index contributed by atoms with van der Waals surface area (Å²) in [5.41, 5.74) is 3.50. The molecule has 0 aliphatic rings. The Balaban J connectivity index is 2.47. The van der Waals surface area contributed by atoms with E-state index in [1.165, 1.54) is 11.1 Å². The molecule has 0 radical (unpaired) electrons. The smallest absolute Gasteiger partial charge is 0.118 e. The molecule has 0 unspecified atom stereocenters. The Morgan fingerprint density at radius 3 is 2.22 bits per heavy atom. The highest BCUT2D eigenvalue weighted by molar-refractivity contribution is 5.43. The molecule has 0 aromatic heterocycles. The Hall–Kier alpha value is -1.76. The van der Waals surface area contributed by atoms with Crippen LogP contribution in [0.15, 0.2) is 48.5 Å². The first kappa shape index (κ1) is 12.7. The van der Waals surface area contributed by atoms with Gasteiger partial charge in [-0.1, -0.05) is 63.2 Å². The minimum absolute atomic E-state index is 0.0428. The van der Waals surface area contributed by atoms with Crippen molar-refractivity contribution in [3.05, 3.63) is 65.2 Å². The average Bonchev–Trinajstić information content (AvgIpc) is 2.40. The van der Waals surface area contributed by atoms with Crippen molar-refractivity contribution in [3.63, 3.8) is 0 Å². The lowest BCUT2D eigenvalue weighted by Gasteiger charge is -2.26. The van der Waals surface area contributed by atoms with Gasteiger partial charge >= 0.3 is 0 Å². The summed E-state index contributed by atoms with van der Waals surface area (Å²) in [5.74, 6) is 0.394. The molecule has 1 nitrogen and oxygen atoms in total. The molecule has 0 amide bonds. The summed E-state index contributed by atoms with van der Waals surface area (Å²) in [6.07, 6.45) is 0.852. The van der Waals surface area contributed by atoms with E-state index in [1.54, 1.807) is 6.07 Å². The van der Waals surface area contributed by atoms with Crippen LogP contribution in [-0.4, -0.2) is 5.11 Å². The number of rotatable bonds is 3. The zero-order chi connectivity index (χ0) is 13.2. The van der Waals surface area contributed by atoms with E-state index >= 15 is 0 Å². The van der Waals surface area contributed by atoms with Gasteiger partial charge in [-0.25, -0.2) is 0 Å². The van der Waals surface area contributed by atoms with Crippen LogP contribution in [0.5, 0.6) is 5.75 Å². The summed E-state index contributed by atoms with van der Waals surface area (Å²) >= 11 is 0. The van der Waals surface area contributed by atoms with Gasteiger partial charge in [-0.15, -0.1) is 0 Å². The van der Waals surface area contributed by atoms with Gasteiger partial charge in [-0.3, -0.25) is 0 Å². The van der Waals surface area contributed by atoms with Crippen molar-refractivity contribution in [1.82, 2.24) is 0 Å². The molecule has 0 bridgehead atoms. The Kier molecular flexibility index (Phi) is 3.42. The minimum Gasteiger partial charge on any atom is -0.508 e. The first-order valence-corrected chi connectivity index (χ1v) is 6.43. The number of phenolic OH excluding ortho intramolecular Hbond substituents is 1. The fraction of sp³-hybridized carbons (Fsp3) is 0.294. The zero-order valence-electron chi connectivity index (χ0n) is 11.3. The van der Waals surface area contributed by atoms with Gasteiger partial charge in [0.05, 0.1) is 0 Å². The Morgan fingerprint density at radius 2 is 1.61 bits per heavy atom. The summed E-state index contributed by atoms with van der Waals surface area (Å²) in [6, 6.07) is 16.4. The zero-order valence-corrected chi connectivity index (χ0v) is 11.3. The molecule has 18 heavy (non-hydrogen) atoms. The largest absolute Gasteiger partial charge is 0.508 e. The molecular weight excluding hydrogens is 220 g/mol. The van der Waals surface area contributed by atoms with Gasteiger partial charge in [-0.05, 0) is 29.2 Å². The van der Waals surface area contributed by atoms with E-state index in [2.05, 4.69) is 51.1 Å². The van der Waals surface area contributed by atoms with Crippen LogP contribution in [-0.2, 0) is 11.8 Å². The van der Waals surface area contributed by atoms with Gasteiger partial charge in [0, 0.05) is 5.41 Å². The first-order valence-electron chi connectivity index (χ1n) is 6.43. The van der Waals surface area contributed by atoms with E-state index in [0.29, 0.717) is 5.75 Å². The molecular formula is C17H20O. The molecule has 2 aromatic carbocycles. The number of hydrogen-bond acceptors (Lipinski definition) is 1. The highest BCUT2D eigenvalue weighted by Crippen LogP contribution is 2.33. The molecule has 0 saturated carbocycles. The molecule has 1 heteroatoms. The normalized spacial score (nSPS) is 11.5. The lowest BCUT2D eigenvalue weighted by atomic mass is 9.77. The third-order valence-electron chi connectivity index (χ3n) is 3.68. The highest BCUT2D eigenvalue weighted by Gasteiger charge is 2.23. The van der Waals surface area contributed by atoms with E-state index in [-0.39, 0.29) is 5.41 Å². The van der Waals surface area contributed by atoms with Gasteiger partial charge in [0.15, 0.2) is 0 Å². The van der Waals surface area contributed by atoms with Crippen LogP contribution in [0.1, 0.15) is 37.5 Å². The summed E-state index contributed by atoms with van der Waals surface area (Å²) in [7, 11) is 0. The third-order valence-corrected chi connectivity index (χ3v) is 3.68. The van der Waals surface area contributed by atoms with Crippen molar-refractivity contribution in [2.24, 2.45) is 0 Å². The van der Waals surface area contributed by atoms with Crippen LogP contribution < -0.4 is 0 Å². The van der Waals surface area contributed by atoms with Crippen molar-refractivity contribution >= 4 is 0 Å². The SMILES string of the molecule is CCc1cc(C(C)(C)c2ccccc2)ccc1O. The molecule has 0 saturated heterocycles. The van der Waals surface area contributed by atoms with Crippen molar-refractivity contribution < 1.29 is 5.11 Å². The lowest BCUT2D eigenvalue weighted by Crippen LogP contribution is -2.18. The van der Waals surface area contributed by atoms with Crippen molar-refractivity contribution in [2.75, 3.05) is 0 Å². The maximum absolute atomic E-state index is 9.77. The fourth-order valence-corrected chi connectivity index (χ4v) is 2.28. The van der Waals surface area contributed by atoms with Gasteiger partial charge < -0.3 is 5.11 Å². The minimum atomic E-state index is -0.0428. The van der Waals surface area contributed by atoms with Crippen molar-refractivity contribution in [1.29, 1.82) is 0 Å². The van der Waals surface area contributed by atoms with Crippen molar-refractivity contribution in [3.8, 4) is 5.75 Å². The standard InChI is InChI=1S/C17H20O/c1-4-13-12-15(10-11-16(13)18)17(2,3)14-8-6-5-7-9-14/h5-12,18H,4H2,1-3H3. The van der Waals surface area contributed by atoms with Gasteiger partial charge in [0.25, 0.3) is 0 Å². The first-order chi connectivity index (χ1) is 8.55. The quantitative estimate of drug-likeness (QED) is 0.849. The number of benzene rings is 2. The van der Waals surface area contributed by atoms with E-state index in [0.717, 1.165) is 12.0 Å². The fourth-order valence-electron chi connectivity index (χ4n) is 2.28. The molecule has 0 aliphatic carbocycles. The molecule has 0 heterocycles. The maximum Gasteiger partial charge on any atom is 0.118 e. The van der Waals surface area contributed by atoms with Gasteiger partial charge in [0.2, 0.25) is 0 Å². The predicted molar refractivity (Wildman–Crippen MR) is 76.1 cm³/mol. The van der Waals surface area contributed by atoms with E-state index in [9.17, 15) is 5.11 Å². The monoisotopic (exact) mass is 240 g/mol. The van der Waals surface area contributed by atoms with Crippen LogP contribution in [0.2, 0.25) is 0 Å². The summed E-state index contributed by atoms with van der Waals surface area (Å²) in [4.78, 5) is 0. The number of aromatic hydroxyl groups is 1. The van der Waals surface area contributed by atoms with Crippen molar-refractivity contribution in [2.45, 2.75) is 32.6 Å². The second-order valence-electron chi connectivity index (χ2n) is 5.19. The molecule has 94 valence electrons. The number of hydrogen-bond donors (Lipinski definition) is 1. The molecule has 0 atom stereocenters. The van der Waals surface area contributed by atoms with E-state index in [4.69, 9.17) is 0 Å². The number of phenols is 1. The molecule has 1 N–H and O–H groups in total. The molecule has 0 fully saturated rings. The van der Waals surface area contributed by atoms with Crippen LogP contribution in [0.4, 0.5) is 0 Å². The molecule has 2 aromatic rings. The summed E-state index contributed by atoms with van der Waals surface area (Å²) < 4.78 is 0. The Labute approximate surface area is 109 Å². The summed E-state index contributed by atoms with van der Waals surface area (Å²) in [6.45, 7) is 6.50. The Morgan fingerprint density at radius 1 is 0.944 bits per heavy atom. The third kappa shape index (κ3) is 2.26. The second kappa shape index (κ2) is 4.85. The predicted octanol–water partition coefficient (Wildman–Crippen LogP) is 4.28. The molecule has 0 aliphatic heterocycles. The van der Waals surface area contributed by atoms with Crippen LogP contribution >= 0.6 is 0 Å². The van der Waals surface area contributed by atoms with Crippen LogP contribution in [0.25, 0.3) is 0 Å². The van der Waals surface area contributed by atoms with E-state index < -0.39 is 0 Å². The number of aryl methyl sites for hydroxylation is 1. The van der Waals surface area contributed by atoms with E-state index in [1.807, 2.05) is 12.1 Å². The Bertz CT molecular complexity index is 527.